The van der Waals surface area contributed by atoms with Crippen molar-refractivity contribution in [2.24, 2.45) is 52.3 Å². The first kappa shape index (κ1) is 27.6. The van der Waals surface area contributed by atoms with Crippen molar-refractivity contribution in [2.45, 2.75) is 103 Å². The Bertz CT molecular complexity index is 1050. The minimum atomic E-state index is -3.47. The molecule has 11 atom stereocenters. The third kappa shape index (κ3) is 4.62. The van der Waals surface area contributed by atoms with E-state index in [0.29, 0.717) is 46.9 Å². The van der Waals surface area contributed by atoms with Gasteiger partial charge in [-0.05, 0) is 116 Å². The largest absolute Gasteiger partial charge is 0.393 e. The summed E-state index contributed by atoms with van der Waals surface area (Å²) in [7, 11) is -3.47. The molecule has 0 bridgehead atoms. The Balaban J connectivity index is 1.30. The molecule has 37 heavy (non-hydrogen) atoms. The molecule has 0 saturated heterocycles. The van der Waals surface area contributed by atoms with Crippen LogP contribution in [0.1, 0.15) is 85.5 Å². The Morgan fingerprint density at radius 1 is 0.973 bits per heavy atom. The first-order chi connectivity index (χ1) is 17.5. The zero-order valence-electron chi connectivity index (χ0n) is 23.3. The van der Waals surface area contributed by atoms with Crippen LogP contribution >= 0.6 is 0 Å². The lowest BCUT2D eigenvalue weighted by molar-refractivity contribution is -0.203. The molecule has 0 aliphatic heterocycles. The van der Waals surface area contributed by atoms with Gasteiger partial charge in [0.15, 0.2) is 0 Å². The molecule has 5 rings (SSSR count). The van der Waals surface area contributed by atoms with E-state index in [-0.39, 0.29) is 29.0 Å². The second-order valence-corrected chi connectivity index (χ2v) is 15.4. The normalized spacial score (nSPS) is 44.5. The summed E-state index contributed by atoms with van der Waals surface area (Å²) in [6.07, 6.45) is 8.95. The smallest absolute Gasteiger partial charge is 0.240 e. The molecule has 0 radical (unpaired) electrons. The van der Waals surface area contributed by atoms with Crippen LogP contribution in [-0.4, -0.2) is 37.4 Å². The summed E-state index contributed by atoms with van der Waals surface area (Å²) < 4.78 is 28.2. The molecule has 0 spiro atoms. The molecular formula is C31H49NO4S. The van der Waals surface area contributed by atoms with Gasteiger partial charge >= 0.3 is 0 Å². The summed E-state index contributed by atoms with van der Waals surface area (Å²) in [5, 5.41) is 22.4. The molecule has 1 unspecified atom stereocenters. The number of rotatable bonds is 7. The van der Waals surface area contributed by atoms with Crippen molar-refractivity contribution in [3.8, 4) is 0 Å². The summed E-state index contributed by atoms with van der Waals surface area (Å²) >= 11 is 0. The van der Waals surface area contributed by atoms with Gasteiger partial charge in [0.25, 0.3) is 0 Å². The van der Waals surface area contributed by atoms with Gasteiger partial charge in [0.1, 0.15) is 0 Å². The Hall–Kier alpha value is -0.950. The van der Waals surface area contributed by atoms with Crippen molar-refractivity contribution >= 4 is 10.0 Å². The van der Waals surface area contributed by atoms with Gasteiger partial charge in [-0.3, -0.25) is 0 Å². The van der Waals surface area contributed by atoms with Crippen LogP contribution < -0.4 is 4.72 Å². The van der Waals surface area contributed by atoms with Crippen molar-refractivity contribution < 1.29 is 18.6 Å². The number of aliphatic hydroxyl groups is 2. The SMILES string of the molecule is CC[C@H]1[C@@H](O)[C@@H]2[C@H](CC[C@]3(C)C([C@H](C)CCNS(=O)(=O)c4ccccc4)CC[C@@H]23)[C@@]2(C)CC[C@@H](O)C[C@@H]12. The number of hydrogen-bond donors (Lipinski definition) is 3. The summed E-state index contributed by atoms with van der Waals surface area (Å²) in [6.45, 7) is 9.99. The molecule has 3 N–H and O–H groups in total. The van der Waals surface area contributed by atoms with E-state index in [0.717, 1.165) is 32.1 Å². The molecule has 0 heterocycles. The average molecular weight is 532 g/mol. The molecule has 0 aromatic heterocycles. The van der Waals surface area contributed by atoms with Crippen LogP contribution in [0.15, 0.2) is 35.2 Å². The molecule has 208 valence electrons. The van der Waals surface area contributed by atoms with Crippen molar-refractivity contribution in [3.05, 3.63) is 30.3 Å². The fourth-order valence-corrected chi connectivity index (χ4v) is 11.3. The van der Waals surface area contributed by atoms with E-state index in [1.807, 2.05) is 6.07 Å². The second kappa shape index (κ2) is 10.2. The van der Waals surface area contributed by atoms with E-state index in [1.54, 1.807) is 24.3 Å². The topological polar surface area (TPSA) is 86.6 Å². The highest BCUT2D eigenvalue weighted by Crippen LogP contribution is 2.69. The van der Waals surface area contributed by atoms with Crippen LogP contribution in [0.2, 0.25) is 0 Å². The van der Waals surface area contributed by atoms with Crippen molar-refractivity contribution in [2.75, 3.05) is 6.54 Å². The first-order valence-corrected chi connectivity index (χ1v) is 16.4. The molecule has 1 aromatic carbocycles. The lowest BCUT2D eigenvalue weighted by Gasteiger charge is -2.64. The Labute approximate surface area is 224 Å². The minimum absolute atomic E-state index is 0.204. The quantitative estimate of drug-likeness (QED) is 0.426. The maximum atomic E-state index is 12.7. The Morgan fingerprint density at radius 2 is 1.65 bits per heavy atom. The van der Waals surface area contributed by atoms with E-state index in [9.17, 15) is 18.6 Å². The van der Waals surface area contributed by atoms with Crippen molar-refractivity contribution in [1.29, 1.82) is 0 Å². The van der Waals surface area contributed by atoms with E-state index in [4.69, 9.17) is 0 Å². The number of fused-ring (bicyclic) bond motifs is 5. The number of hydrogen-bond acceptors (Lipinski definition) is 4. The van der Waals surface area contributed by atoms with Crippen LogP contribution in [0.25, 0.3) is 0 Å². The summed E-state index contributed by atoms with van der Waals surface area (Å²) in [5.41, 5.74) is 0.431. The molecule has 1 aromatic rings. The third-order valence-electron chi connectivity index (χ3n) is 12.1. The Morgan fingerprint density at radius 3 is 2.35 bits per heavy atom. The van der Waals surface area contributed by atoms with Crippen LogP contribution in [0, 0.1) is 52.3 Å². The van der Waals surface area contributed by atoms with Gasteiger partial charge in [0, 0.05) is 6.54 Å². The fourth-order valence-electron chi connectivity index (χ4n) is 10.2. The van der Waals surface area contributed by atoms with Crippen LogP contribution in [0.5, 0.6) is 0 Å². The predicted octanol–water partition coefficient (Wildman–Crippen LogP) is 5.62. The number of nitrogens with one attached hydrogen (secondary N) is 1. The predicted molar refractivity (Wildman–Crippen MR) is 147 cm³/mol. The lowest BCUT2D eigenvalue weighted by Crippen LogP contribution is -2.62. The zero-order valence-corrected chi connectivity index (χ0v) is 24.1. The van der Waals surface area contributed by atoms with Crippen LogP contribution in [-0.2, 0) is 10.0 Å². The van der Waals surface area contributed by atoms with Crippen LogP contribution in [0.4, 0.5) is 0 Å². The van der Waals surface area contributed by atoms with Gasteiger partial charge in [-0.2, -0.15) is 0 Å². The Kier molecular flexibility index (Phi) is 7.63. The molecule has 4 aliphatic carbocycles. The monoisotopic (exact) mass is 531 g/mol. The molecule has 6 heteroatoms. The van der Waals surface area contributed by atoms with E-state index in [2.05, 4.69) is 32.4 Å². The zero-order chi connectivity index (χ0) is 26.6. The average Bonchev–Trinajstić information content (AvgIpc) is 3.23. The highest BCUT2D eigenvalue weighted by molar-refractivity contribution is 7.89. The molecule has 4 saturated carbocycles. The van der Waals surface area contributed by atoms with Gasteiger partial charge in [-0.25, -0.2) is 13.1 Å². The number of aliphatic hydroxyl groups excluding tert-OH is 2. The lowest BCUT2D eigenvalue weighted by atomic mass is 9.41. The first-order valence-electron chi connectivity index (χ1n) is 14.9. The maximum absolute atomic E-state index is 12.7. The van der Waals surface area contributed by atoms with Gasteiger partial charge in [0.2, 0.25) is 10.0 Å². The van der Waals surface area contributed by atoms with Crippen LogP contribution in [0.3, 0.4) is 0 Å². The third-order valence-corrected chi connectivity index (χ3v) is 13.6. The molecule has 4 fully saturated rings. The van der Waals surface area contributed by atoms with E-state index >= 15 is 0 Å². The van der Waals surface area contributed by atoms with E-state index < -0.39 is 10.0 Å². The van der Waals surface area contributed by atoms with Gasteiger partial charge in [-0.15, -0.1) is 0 Å². The summed E-state index contributed by atoms with van der Waals surface area (Å²) in [4.78, 5) is 0.327. The standard InChI is InChI=1S/C31H49NO4S/c1-5-23-27-19-21(33)13-16-31(27,4)26-14-17-30(3)24(11-12-25(30)28(26)29(23)34)20(2)15-18-32-37(35,36)22-9-7-6-8-10-22/h6-10,20-21,23-29,32-34H,5,11-19H2,1-4H3/t20-,21-,23-,24?,25+,26+,27+,28+,29-,30-,31-/m1/s1. The number of benzene rings is 1. The minimum Gasteiger partial charge on any atom is -0.393 e. The summed E-state index contributed by atoms with van der Waals surface area (Å²) in [6, 6.07) is 8.63. The van der Waals surface area contributed by atoms with Gasteiger partial charge in [-0.1, -0.05) is 52.3 Å². The summed E-state index contributed by atoms with van der Waals surface area (Å²) in [5.74, 6) is 3.14. The number of sulfonamides is 1. The van der Waals surface area contributed by atoms with Crippen molar-refractivity contribution in [1.82, 2.24) is 4.72 Å². The molecule has 5 nitrogen and oxygen atoms in total. The highest BCUT2D eigenvalue weighted by atomic mass is 32.2. The van der Waals surface area contributed by atoms with Crippen molar-refractivity contribution in [3.63, 3.8) is 0 Å². The fraction of sp³-hybridized carbons (Fsp3) is 0.806. The molecule has 0 amide bonds. The molecule has 4 aliphatic rings. The maximum Gasteiger partial charge on any atom is 0.240 e. The van der Waals surface area contributed by atoms with Gasteiger partial charge < -0.3 is 10.2 Å². The highest BCUT2D eigenvalue weighted by Gasteiger charge is 2.64. The second-order valence-electron chi connectivity index (χ2n) is 13.6. The van der Waals surface area contributed by atoms with E-state index in [1.165, 1.54) is 25.7 Å². The van der Waals surface area contributed by atoms with Gasteiger partial charge in [0.05, 0.1) is 17.1 Å². The molecular weight excluding hydrogens is 482 g/mol.